The molecule has 0 saturated carbocycles. The minimum absolute atomic E-state index is 0.443. The summed E-state index contributed by atoms with van der Waals surface area (Å²) in [6, 6.07) is 9.09. The van der Waals surface area contributed by atoms with E-state index in [1.54, 1.807) is 25.3 Å². The zero-order valence-electron chi connectivity index (χ0n) is 12.3. The first-order valence-corrected chi connectivity index (χ1v) is 8.64. The number of nitrogens with one attached hydrogen (secondary N) is 2. The molecule has 1 aromatic heterocycles. The van der Waals surface area contributed by atoms with Crippen molar-refractivity contribution in [1.29, 1.82) is 0 Å². The Morgan fingerprint density at radius 1 is 1.29 bits per heavy atom. The minimum Gasteiger partial charge on any atom is -0.315 e. The van der Waals surface area contributed by atoms with Crippen LogP contribution in [0, 0.1) is 0 Å². The number of aromatic nitrogens is 1. The van der Waals surface area contributed by atoms with E-state index in [2.05, 4.69) is 15.0 Å². The number of nitrogens with zero attached hydrogens (tertiary/aromatic N) is 1. The second kappa shape index (κ2) is 6.87. The zero-order valence-corrected chi connectivity index (χ0v) is 13.2. The Kier molecular flexibility index (Phi) is 5.14. The number of sulfonamides is 1. The predicted octanol–water partition coefficient (Wildman–Crippen LogP) is 2.36. The summed E-state index contributed by atoms with van der Waals surface area (Å²) in [4.78, 5) is 4.22. The van der Waals surface area contributed by atoms with E-state index in [-0.39, 0.29) is 0 Å². The van der Waals surface area contributed by atoms with Gasteiger partial charge in [-0.1, -0.05) is 13.0 Å². The third-order valence-electron chi connectivity index (χ3n) is 3.25. The minimum atomic E-state index is -3.40. The normalized spacial score (nSPS) is 13.2. The monoisotopic (exact) mass is 307 g/mol. The lowest BCUT2D eigenvalue weighted by atomic mass is 10.2. The molecule has 2 N–H and O–H groups in total. The molecule has 0 radical (unpaired) electrons. The molecule has 0 bridgehead atoms. The van der Waals surface area contributed by atoms with Crippen molar-refractivity contribution in [3.05, 3.63) is 36.5 Å². The summed E-state index contributed by atoms with van der Waals surface area (Å²) in [5, 5.41) is 3.55. The Bertz CT molecular complexity index is 701. The summed E-state index contributed by atoms with van der Waals surface area (Å²) in [5.74, 6) is 0. The number of pyridine rings is 1. The number of fused-ring (bicyclic) bond motifs is 1. The molecule has 1 unspecified atom stereocenters. The van der Waals surface area contributed by atoms with Gasteiger partial charge in [0.15, 0.2) is 0 Å². The molecule has 0 aliphatic heterocycles. The Morgan fingerprint density at radius 3 is 2.86 bits per heavy atom. The maximum absolute atomic E-state index is 12.3. The highest BCUT2D eigenvalue weighted by molar-refractivity contribution is 7.93. The van der Waals surface area contributed by atoms with Crippen molar-refractivity contribution >= 4 is 26.6 Å². The largest absolute Gasteiger partial charge is 0.315 e. The fraction of sp³-hybridized carbons (Fsp3) is 0.400. The van der Waals surface area contributed by atoms with Gasteiger partial charge in [0, 0.05) is 23.8 Å². The highest BCUT2D eigenvalue weighted by atomic mass is 32.2. The standard InChI is InChI=1S/C15H21N3O2S/c1-3-8-16-11-12(2)21(19,20)18-14-6-7-15-13(10-14)5-4-9-17-15/h4-7,9-10,12,16,18H,3,8,11H2,1-2H3. The molecule has 0 spiro atoms. The van der Waals surface area contributed by atoms with Crippen LogP contribution in [0.25, 0.3) is 10.9 Å². The maximum atomic E-state index is 12.3. The number of hydrogen-bond acceptors (Lipinski definition) is 4. The van der Waals surface area contributed by atoms with Gasteiger partial charge in [0.1, 0.15) is 0 Å². The first kappa shape index (κ1) is 15.7. The van der Waals surface area contributed by atoms with Crippen LogP contribution in [-0.4, -0.2) is 31.7 Å². The van der Waals surface area contributed by atoms with Crippen LogP contribution in [0.15, 0.2) is 36.5 Å². The van der Waals surface area contributed by atoms with Crippen LogP contribution in [0.2, 0.25) is 0 Å². The average Bonchev–Trinajstić information content (AvgIpc) is 2.47. The van der Waals surface area contributed by atoms with E-state index in [9.17, 15) is 8.42 Å². The summed E-state index contributed by atoms with van der Waals surface area (Å²) < 4.78 is 27.2. The lowest BCUT2D eigenvalue weighted by molar-refractivity contribution is 0.576. The molecule has 114 valence electrons. The summed E-state index contributed by atoms with van der Waals surface area (Å²) in [6.45, 7) is 5.01. The van der Waals surface area contributed by atoms with Crippen LogP contribution in [0.4, 0.5) is 5.69 Å². The smallest absolute Gasteiger partial charge is 0.236 e. The molecule has 6 heteroatoms. The molecule has 21 heavy (non-hydrogen) atoms. The van der Waals surface area contributed by atoms with Gasteiger partial charge < -0.3 is 5.32 Å². The molecule has 0 fully saturated rings. The van der Waals surface area contributed by atoms with Crippen LogP contribution in [0.3, 0.4) is 0 Å². The van der Waals surface area contributed by atoms with Crippen molar-refractivity contribution in [2.75, 3.05) is 17.8 Å². The molecule has 2 aromatic rings. The summed E-state index contributed by atoms with van der Waals surface area (Å²) in [5.41, 5.74) is 1.41. The van der Waals surface area contributed by atoms with E-state index in [0.29, 0.717) is 12.2 Å². The van der Waals surface area contributed by atoms with Crippen LogP contribution in [-0.2, 0) is 10.0 Å². The van der Waals surface area contributed by atoms with Crippen molar-refractivity contribution in [3.63, 3.8) is 0 Å². The molecule has 2 rings (SSSR count). The van der Waals surface area contributed by atoms with Crippen LogP contribution >= 0.6 is 0 Å². The number of benzene rings is 1. The molecule has 1 heterocycles. The van der Waals surface area contributed by atoms with Crippen LogP contribution in [0.5, 0.6) is 0 Å². The number of rotatable bonds is 7. The molecule has 0 aliphatic carbocycles. The van der Waals surface area contributed by atoms with Gasteiger partial charge in [-0.05, 0) is 44.2 Å². The second-order valence-corrected chi connectivity index (χ2v) is 7.17. The summed E-state index contributed by atoms with van der Waals surface area (Å²) in [6.07, 6.45) is 2.70. The van der Waals surface area contributed by atoms with Crippen molar-refractivity contribution < 1.29 is 8.42 Å². The molecule has 5 nitrogen and oxygen atoms in total. The molecule has 0 saturated heterocycles. The Labute approximate surface area is 125 Å². The van der Waals surface area contributed by atoms with E-state index in [1.807, 2.05) is 25.1 Å². The molecule has 1 aromatic carbocycles. The quantitative estimate of drug-likeness (QED) is 0.770. The average molecular weight is 307 g/mol. The Morgan fingerprint density at radius 2 is 2.10 bits per heavy atom. The zero-order chi connectivity index (χ0) is 15.3. The lowest BCUT2D eigenvalue weighted by Crippen LogP contribution is -2.35. The van der Waals surface area contributed by atoms with Gasteiger partial charge in [-0.15, -0.1) is 0 Å². The number of hydrogen-bond donors (Lipinski definition) is 2. The molecular formula is C15H21N3O2S. The van der Waals surface area contributed by atoms with E-state index < -0.39 is 15.3 Å². The lowest BCUT2D eigenvalue weighted by Gasteiger charge is -2.15. The highest BCUT2D eigenvalue weighted by Gasteiger charge is 2.20. The molecular weight excluding hydrogens is 286 g/mol. The van der Waals surface area contributed by atoms with E-state index in [4.69, 9.17) is 0 Å². The predicted molar refractivity (Wildman–Crippen MR) is 86.9 cm³/mol. The SMILES string of the molecule is CCCNCC(C)S(=O)(=O)Nc1ccc2ncccc2c1. The topological polar surface area (TPSA) is 71.1 Å². The molecule has 0 amide bonds. The maximum Gasteiger partial charge on any atom is 0.236 e. The first-order valence-electron chi connectivity index (χ1n) is 7.10. The third-order valence-corrected chi connectivity index (χ3v) is 5.00. The Balaban J connectivity index is 2.10. The third kappa shape index (κ3) is 4.15. The van der Waals surface area contributed by atoms with Gasteiger partial charge in [0.05, 0.1) is 10.8 Å². The fourth-order valence-electron chi connectivity index (χ4n) is 2.00. The van der Waals surface area contributed by atoms with Gasteiger partial charge >= 0.3 is 0 Å². The molecule has 0 aliphatic rings. The van der Waals surface area contributed by atoms with Crippen molar-refractivity contribution in [3.8, 4) is 0 Å². The number of anilines is 1. The van der Waals surface area contributed by atoms with Gasteiger partial charge in [-0.2, -0.15) is 0 Å². The van der Waals surface area contributed by atoms with Gasteiger partial charge in [0.2, 0.25) is 10.0 Å². The van der Waals surface area contributed by atoms with Gasteiger partial charge in [-0.25, -0.2) is 8.42 Å². The second-order valence-electron chi connectivity index (χ2n) is 5.07. The van der Waals surface area contributed by atoms with Crippen molar-refractivity contribution in [2.24, 2.45) is 0 Å². The van der Waals surface area contributed by atoms with E-state index >= 15 is 0 Å². The summed E-state index contributed by atoms with van der Waals surface area (Å²) >= 11 is 0. The van der Waals surface area contributed by atoms with Crippen LogP contribution in [0.1, 0.15) is 20.3 Å². The van der Waals surface area contributed by atoms with Gasteiger partial charge in [-0.3, -0.25) is 9.71 Å². The Hall–Kier alpha value is -1.66. The first-order chi connectivity index (χ1) is 10.0. The van der Waals surface area contributed by atoms with Gasteiger partial charge in [0.25, 0.3) is 0 Å². The highest BCUT2D eigenvalue weighted by Crippen LogP contribution is 2.18. The van der Waals surface area contributed by atoms with Crippen molar-refractivity contribution in [1.82, 2.24) is 10.3 Å². The van der Waals surface area contributed by atoms with Crippen LogP contribution < -0.4 is 10.0 Å². The summed E-state index contributed by atoms with van der Waals surface area (Å²) in [7, 11) is -3.40. The van der Waals surface area contributed by atoms with Crippen molar-refractivity contribution in [2.45, 2.75) is 25.5 Å². The van der Waals surface area contributed by atoms with E-state index in [0.717, 1.165) is 23.9 Å². The fourth-order valence-corrected chi connectivity index (χ4v) is 2.99. The van der Waals surface area contributed by atoms with E-state index in [1.165, 1.54) is 0 Å². The molecule has 1 atom stereocenters.